The van der Waals surface area contributed by atoms with Crippen molar-refractivity contribution in [2.75, 3.05) is 11.4 Å². The van der Waals surface area contributed by atoms with Crippen LogP contribution in [0.4, 0.5) is 10.5 Å². The summed E-state index contributed by atoms with van der Waals surface area (Å²) in [6.45, 7) is 0.938. The number of hydrogen-bond donors (Lipinski definition) is 2. The number of phenolic OH excluding ortho intramolecular Hbond substituents is 1. The zero-order valence-corrected chi connectivity index (χ0v) is 15.0. The van der Waals surface area contributed by atoms with Crippen LogP contribution in [0.1, 0.15) is 24.8 Å². The van der Waals surface area contributed by atoms with Gasteiger partial charge in [0.2, 0.25) is 5.91 Å². The second-order valence-electron chi connectivity index (χ2n) is 7.22. The lowest BCUT2D eigenvalue weighted by molar-refractivity contribution is -0.117. The monoisotopic (exact) mass is 365 g/mol. The maximum absolute atomic E-state index is 12.8. The number of hydrogen-bond acceptors (Lipinski definition) is 3. The van der Waals surface area contributed by atoms with Crippen molar-refractivity contribution in [1.29, 1.82) is 0 Å². The van der Waals surface area contributed by atoms with Crippen LogP contribution < -0.4 is 10.2 Å². The first-order chi connectivity index (χ1) is 13.1. The average Bonchev–Trinajstić information content (AvgIpc) is 3.43. The molecule has 1 unspecified atom stereocenters. The SMILES string of the molecule is O=C1CC(NC(=O)N(Cc2cccc(O)c2)C2CC2)CN1c1ccccc1. The highest BCUT2D eigenvalue weighted by molar-refractivity contribution is 5.96. The molecule has 1 saturated carbocycles. The van der Waals surface area contributed by atoms with Crippen LogP contribution in [0.5, 0.6) is 5.75 Å². The van der Waals surface area contributed by atoms with Crippen LogP contribution in [0.15, 0.2) is 54.6 Å². The van der Waals surface area contributed by atoms with Crippen LogP contribution in [0.2, 0.25) is 0 Å². The number of carbonyl (C=O) groups excluding carboxylic acids is 2. The smallest absolute Gasteiger partial charge is 0.318 e. The van der Waals surface area contributed by atoms with E-state index >= 15 is 0 Å². The highest BCUT2D eigenvalue weighted by atomic mass is 16.3. The summed E-state index contributed by atoms with van der Waals surface area (Å²) in [6.07, 6.45) is 2.29. The molecule has 1 atom stereocenters. The molecule has 1 heterocycles. The molecule has 1 aliphatic carbocycles. The van der Waals surface area contributed by atoms with Gasteiger partial charge in [0.15, 0.2) is 0 Å². The van der Waals surface area contributed by atoms with Gasteiger partial charge >= 0.3 is 6.03 Å². The van der Waals surface area contributed by atoms with Crippen LogP contribution in [0, 0.1) is 0 Å². The van der Waals surface area contributed by atoms with Gasteiger partial charge in [-0.15, -0.1) is 0 Å². The van der Waals surface area contributed by atoms with Crippen molar-refractivity contribution in [2.45, 2.75) is 37.9 Å². The van der Waals surface area contributed by atoms with Crippen LogP contribution in [0.25, 0.3) is 0 Å². The van der Waals surface area contributed by atoms with Crippen molar-refractivity contribution in [3.05, 3.63) is 60.2 Å². The quantitative estimate of drug-likeness (QED) is 0.856. The number of urea groups is 1. The summed E-state index contributed by atoms with van der Waals surface area (Å²) in [4.78, 5) is 28.7. The number of rotatable bonds is 5. The molecule has 2 aliphatic rings. The third-order valence-corrected chi connectivity index (χ3v) is 5.03. The highest BCUT2D eigenvalue weighted by Gasteiger charge is 2.36. The molecule has 2 N–H and O–H groups in total. The zero-order valence-electron chi connectivity index (χ0n) is 15.0. The van der Waals surface area contributed by atoms with Gasteiger partial charge in [-0.2, -0.15) is 0 Å². The minimum absolute atomic E-state index is 0.0254. The molecule has 1 aliphatic heterocycles. The summed E-state index contributed by atoms with van der Waals surface area (Å²) in [5.74, 6) is 0.223. The van der Waals surface area contributed by atoms with Crippen molar-refractivity contribution >= 4 is 17.6 Å². The summed E-state index contributed by atoms with van der Waals surface area (Å²) in [7, 11) is 0. The van der Waals surface area contributed by atoms with E-state index in [4.69, 9.17) is 0 Å². The number of benzene rings is 2. The van der Waals surface area contributed by atoms with E-state index in [1.165, 1.54) is 0 Å². The van der Waals surface area contributed by atoms with Gasteiger partial charge in [-0.25, -0.2) is 4.79 Å². The fraction of sp³-hybridized carbons (Fsp3) is 0.333. The standard InChI is InChI=1S/C21H23N3O3/c25-19-8-4-5-15(11-19)13-24(18-9-10-18)21(27)22-16-12-20(26)23(14-16)17-6-2-1-3-7-17/h1-8,11,16,18,25H,9-10,12-14H2,(H,22,27). The van der Waals surface area contributed by atoms with Gasteiger partial charge in [0.05, 0.1) is 6.04 Å². The molecule has 0 radical (unpaired) electrons. The first-order valence-electron chi connectivity index (χ1n) is 9.30. The number of phenols is 1. The molecular formula is C21H23N3O3. The lowest BCUT2D eigenvalue weighted by atomic mass is 10.2. The molecule has 0 bridgehead atoms. The summed E-state index contributed by atoms with van der Waals surface area (Å²) >= 11 is 0. The molecule has 6 heteroatoms. The fourth-order valence-corrected chi connectivity index (χ4v) is 3.52. The number of anilines is 1. The number of nitrogens with zero attached hydrogens (tertiary/aromatic N) is 2. The predicted molar refractivity (Wildman–Crippen MR) is 102 cm³/mol. The van der Waals surface area contributed by atoms with Crippen LogP contribution in [0.3, 0.4) is 0 Å². The van der Waals surface area contributed by atoms with E-state index in [0.717, 1.165) is 24.1 Å². The summed E-state index contributed by atoms with van der Waals surface area (Å²) in [5.41, 5.74) is 1.75. The Morgan fingerprint density at radius 1 is 1.15 bits per heavy atom. The van der Waals surface area contributed by atoms with Crippen LogP contribution in [-0.2, 0) is 11.3 Å². The van der Waals surface area contributed by atoms with Crippen molar-refractivity contribution in [1.82, 2.24) is 10.2 Å². The second kappa shape index (κ2) is 7.31. The van der Waals surface area contributed by atoms with Crippen LogP contribution in [-0.4, -0.2) is 40.6 Å². The minimum Gasteiger partial charge on any atom is -0.508 e. The summed E-state index contributed by atoms with van der Waals surface area (Å²) in [6, 6.07) is 16.4. The Hall–Kier alpha value is -3.02. The Balaban J connectivity index is 1.41. The molecule has 3 amide bonds. The summed E-state index contributed by atoms with van der Waals surface area (Å²) in [5, 5.41) is 12.7. The molecule has 0 spiro atoms. The Labute approximate surface area is 158 Å². The van der Waals surface area contributed by atoms with E-state index in [1.807, 2.05) is 41.3 Å². The molecule has 6 nitrogen and oxygen atoms in total. The molecule has 27 heavy (non-hydrogen) atoms. The predicted octanol–water partition coefficient (Wildman–Crippen LogP) is 2.87. The number of amides is 3. The van der Waals surface area contributed by atoms with E-state index in [9.17, 15) is 14.7 Å². The minimum atomic E-state index is -0.198. The Bertz CT molecular complexity index is 836. The first kappa shape index (κ1) is 17.4. The van der Waals surface area contributed by atoms with Crippen molar-refractivity contribution in [2.24, 2.45) is 0 Å². The molecular weight excluding hydrogens is 342 g/mol. The number of aromatic hydroxyl groups is 1. The Morgan fingerprint density at radius 3 is 2.63 bits per heavy atom. The van der Waals surface area contributed by atoms with Gasteiger partial charge in [-0.05, 0) is 42.7 Å². The fourth-order valence-electron chi connectivity index (χ4n) is 3.52. The topological polar surface area (TPSA) is 72.9 Å². The molecule has 4 rings (SSSR count). The van der Waals surface area contributed by atoms with Crippen molar-refractivity contribution < 1.29 is 14.7 Å². The average molecular weight is 365 g/mol. The molecule has 1 saturated heterocycles. The van der Waals surface area contributed by atoms with E-state index in [-0.39, 0.29) is 29.8 Å². The first-order valence-corrected chi connectivity index (χ1v) is 9.30. The van der Waals surface area contributed by atoms with Gasteiger partial charge in [0, 0.05) is 31.2 Å². The largest absolute Gasteiger partial charge is 0.508 e. The lowest BCUT2D eigenvalue weighted by Crippen LogP contribution is -2.46. The maximum Gasteiger partial charge on any atom is 0.318 e. The number of para-hydroxylation sites is 1. The van der Waals surface area contributed by atoms with Gasteiger partial charge in [-0.3, -0.25) is 4.79 Å². The van der Waals surface area contributed by atoms with Gasteiger partial charge in [0.25, 0.3) is 0 Å². The third-order valence-electron chi connectivity index (χ3n) is 5.03. The summed E-state index contributed by atoms with van der Waals surface area (Å²) < 4.78 is 0. The van der Waals surface area contributed by atoms with Gasteiger partial charge < -0.3 is 20.2 Å². The molecule has 2 aromatic carbocycles. The van der Waals surface area contributed by atoms with E-state index in [1.54, 1.807) is 23.1 Å². The highest BCUT2D eigenvalue weighted by Crippen LogP contribution is 2.29. The van der Waals surface area contributed by atoms with Crippen molar-refractivity contribution in [3.8, 4) is 5.75 Å². The van der Waals surface area contributed by atoms with E-state index in [2.05, 4.69) is 5.32 Å². The maximum atomic E-state index is 12.8. The third kappa shape index (κ3) is 4.05. The molecule has 0 aromatic heterocycles. The number of nitrogens with one attached hydrogen (secondary N) is 1. The molecule has 2 fully saturated rings. The Kier molecular flexibility index (Phi) is 4.71. The van der Waals surface area contributed by atoms with E-state index in [0.29, 0.717) is 19.5 Å². The molecule has 140 valence electrons. The Morgan fingerprint density at radius 2 is 1.93 bits per heavy atom. The van der Waals surface area contributed by atoms with Crippen molar-refractivity contribution in [3.63, 3.8) is 0 Å². The van der Waals surface area contributed by atoms with E-state index < -0.39 is 0 Å². The van der Waals surface area contributed by atoms with Gasteiger partial charge in [-0.1, -0.05) is 30.3 Å². The zero-order chi connectivity index (χ0) is 18.8. The second-order valence-corrected chi connectivity index (χ2v) is 7.22. The number of carbonyl (C=O) groups is 2. The normalized spacial score (nSPS) is 19.2. The lowest BCUT2D eigenvalue weighted by Gasteiger charge is -2.25. The van der Waals surface area contributed by atoms with Gasteiger partial charge in [0.1, 0.15) is 5.75 Å². The van der Waals surface area contributed by atoms with Crippen LogP contribution >= 0.6 is 0 Å². The molecule has 2 aromatic rings.